The number of hydrogen-bond donors (Lipinski definition) is 1. The molecule has 0 bridgehead atoms. The number of amides is 1. The number of ether oxygens (including phenoxy) is 1. The summed E-state index contributed by atoms with van der Waals surface area (Å²) in [5, 5.41) is 4.60. The van der Waals surface area contributed by atoms with Crippen molar-refractivity contribution in [2.24, 2.45) is 5.10 Å². The standard InChI is InChI=1S/C17H12Cl2N2O2/c1-2-9-23-16-6-4-3-5-12(16)11-20-21-17(22)14-10-13(18)7-8-15(14)19/h1,3-8,10-11H,9H2,(H,21,22)/b20-11-. The van der Waals surface area contributed by atoms with Crippen LogP contribution in [0.25, 0.3) is 0 Å². The van der Waals surface area contributed by atoms with Crippen LogP contribution in [-0.4, -0.2) is 18.7 Å². The van der Waals surface area contributed by atoms with Crippen LogP contribution in [0.5, 0.6) is 5.75 Å². The molecule has 0 heterocycles. The second-order valence-electron chi connectivity index (χ2n) is 4.35. The lowest BCUT2D eigenvalue weighted by atomic mass is 10.2. The van der Waals surface area contributed by atoms with Crippen LogP contribution in [0.2, 0.25) is 10.0 Å². The Morgan fingerprint density at radius 1 is 1.30 bits per heavy atom. The molecule has 1 amide bonds. The number of hydrazone groups is 1. The number of nitrogens with zero attached hydrogens (tertiary/aromatic N) is 1. The summed E-state index contributed by atoms with van der Waals surface area (Å²) in [4.78, 5) is 12.0. The van der Waals surface area contributed by atoms with Gasteiger partial charge in [-0.3, -0.25) is 4.79 Å². The van der Waals surface area contributed by atoms with E-state index >= 15 is 0 Å². The number of carbonyl (C=O) groups is 1. The fourth-order valence-electron chi connectivity index (χ4n) is 1.73. The molecule has 4 nitrogen and oxygen atoms in total. The molecule has 0 radical (unpaired) electrons. The second-order valence-corrected chi connectivity index (χ2v) is 5.20. The highest BCUT2D eigenvalue weighted by atomic mass is 35.5. The van der Waals surface area contributed by atoms with E-state index in [9.17, 15) is 4.79 Å². The van der Waals surface area contributed by atoms with Gasteiger partial charge in [-0.05, 0) is 30.3 Å². The summed E-state index contributed by atoms with van der Waals surface area (Å²) in [7, 11) is 0. The first-order valence-electron chi connectivity index (χ1n) is 6.55. The summed E-state index contributed by atoms with van der Waals surface area (Å²) < 4.78 is 5.38. The molecule has 0 saturated carbocycles. The zero-order valence-electron chi connectivity index (χ0n) is 11.9. The zero-order valence-corrected chi connectivity index (χ0v) is 13.4. The van der Waals surface area contributed by atoms with Crippen LogP contribution >= 0.6 is 23.2 Å². The molecule has 0 fully saturated rings. The van der Waals surface area contributed by atoms with Crippen molar-refractivity contribution in [3.63, 3.8) is 0 Å². The van der Waals surface area contributed by atoms with Crippen molar-refractivity contribution in [3.8, 4) is 18.1 Å². The Hall–Kier alpha value is -2.48. The molecule has 0 spiro atoms. The molecule has 116 valence electrons. The Bertz CT molecular complexity index is 782. The van der Waals surface area contributed by atoms with Gasteiger partial charge in [0.05, 0.1) is 16.8 Å². The van der Waals surface area contributed by atoms with E-state index in [1.807, 2.05) is 12.1 Å². The summed E-state index contributed by atoms with van der Waals surface area (Å²) in [6.45, 7) is 0.148. The second kappa shape index (κ2) is 8.23. The highest BCUT2D eigenvalue weighted by Crippen LogP contribution is 2.20. The fraction of sp³-hybridized carbons (Fsp3) is 0.0588. The summed E-state index contributed by atoms with van der Waals surface area (Å²) in [6.07, 6.45) is 6.63. The van der Waals surface area contributed by atoms with E-state index in [0.717, 1.165) is 0 Å². The van der Waals surface area contributed by atoms with Gasteiger partial charge in [-0.2, -0.15) is 5.10 Å². The fourth-order valence-corrected chi connectivity index (χ4v) is 2.11. The molecule has 2 aromatic carbocycles. The van der Waals surface area contributed by atoms with Crippen LogP contribution in [0, 0.1) is 12.3 Å². The quantitative estimate of drug-likeness (QED) is 0.509. The number of hydrogen-bond acceptors (Lipinski definition) is 3. The first-order chi connectivity index (χ1) is 11.1. The minimum atomic E-state index is -0.462. The molecule has 0 aliphatic carbocycles. The number of nitrogens with one attached hydrogen (secondary N) is 1. The largest absolute Gasteiger partial charge is 0.480 e. The number of benzene rings is 2. The SMILES string of the molecule is C#CCOc1ccccc1/C=N\NC(=O)c1cc(Cl)ccc1Cl. The zero-order chi connectivity index (χ0) is 16.7. The summed E-state index contributed by atoms with van der Waals surface area (Å²) in [6, 6.07) is 11.8. The molecule has 6 heteroatoms. The molecule has 2 rings (SSSR count). The van der Waals surface area contributed by atoms with Gasteiger partial charge in [-0.15, -0.1) is 6.42 Å². The number of carbonyl (C=O) groups excluding carboxylic acids is 1. The molecule has 0 saturated heterocycles. The van der Waals surface area contributed by atoms with Crippen molar-refractivity contribution in [1.82, 2.24) is 5.43 Å². The lowest BCUT2D eigenvalue weighted by molar-refractivity contribution is 0.0955. The van der Waals surface area contributed by atoms with Gasteiger partial charge in [0.2, 0.25) is 0 Å². The van der Waals surface area contributed by atoms with Crippen molar-refractivity contribution >= 4 is 35.3 Å². The lowest BCUT2D eigenvalue weighted by Gasteiger charge is -2.06. The minimum absolute atomic E-state index is 0.148. The van der Waals surface area contributed by atoms with Crippen molar-refractivity contribution in [2.45, 2.75) is 0 Å². The van der Waals surface area contributed by atoms with Crippen LogP contribution in [0.15, 0.2) is 47.6 Å². The Labute approximate surface area is 144 Å². The Kier molecular flexibility index (Phi) is 6.04. The van der Waals surface area contributed by atoms with E-state index in [1.54, 1.807) is 24.3 Å². The van der Waals surface area contributed by atoms with Gasteiger partial charge < -0.3 is 4.74 Å². The smallest absolute Gasteiger partial charge is 0.272 e. The van der Waals surface area contributed by atoms with Gasteiger partial charge in [-0.1, -0.05) is 41.3 Å². The van der Waals surface area contributed by atoms with E-state index in [-0.39, 0.29) is 12.2 Å². The average Bonchev–Trinajstić information content (AvgIpc) is 2.56. The van der Waals surface area contributed by atoms with Gasteiger partial charge in [0, 0.05) is 10.6 Å². The molecule has 0 aromatic heterocycles. The van der Waals surface area contributed by atoms with Gasteiger partial charge in [-0.25, -0.2) is 5.43 Å². The highest BCUT2D eigenvalue weighted by Gasteiger charge is 2.10. The normalized spacial score (nSPS) is 10.3. The third-order valence-electron chi connectivity index (χ3n) is 2.77. The van der Waals surface area contributed by atoms with Gasteiger partial charge in [0.25, 0.3) is 5.91 Å². The average molecular weight is 347 g/mol. The predicted molar refractivity (Wildman–Crippen MR) is 92.3 cm³/mol. The molecular weight excluding hydrogens is 335 g/mol. The number of rotatable bonds is 5. The maximum Gasteiger partial charge on any atom is 0.272 e. The lowest BCUT2D eigenvalue weighted by Crippen LogP contribution is -2.18. The minimum Gasteiger partial charge on any atom is -0.480 e. The van der Waals surface area contributed by atoms with Crippen molar-refractivity contribution in [2.75, 3.05) is 6.61 Å². The van der Waals surface area contributed by atoms with Crippen molar-refractivity contribution in [1.29, 1.82) is 0 Å². The van der Waals surface area contributed by atoms with Crippen LogP contribution in [0.4, 0.5) is 0 Å². The molecule has 1 N–H and O–H groups in total. The molecule has 2 aromatic rings. The number of halogens is 2. The third-order valence-corrected chi connectivity index (χ3v) is 3.34. The highest BCUT2D eigenvalue weighted by molar-refractivity contribution is 6.35. The monoisotopic (exact) mass is 346 g/mol. The Morgan fingerprint density at radius 3 is 2.87 bits per heavy atom. The number of terminal acetylenes is 1. The Balaban J connectivity index is 2.09. The molecule has 0 unspecified atom stereocenters. The van der Waals surface area contributed by atoms with Crippen molar-refractivity contribution in [3.05, 3.63) is 63.6 Å². The van der Waals surface area contributed by atoms with Crippen LogP contribution in [0.1, 0.15) is 15.9 Å². The van der Waals surface area contributed by atoms with E-state index in [4.69, 9.17) is 34.4 Å². The first-order valence-corrected chi connectivity index (χ1v) is 7.31. The van der Waals surface area contributed by atoms with Gasteiger partial charge in [0.1, 0.15) is 12.4 Å². The van der Waals surface area contributed by atoms with Crippen molar-refractivity contribution < 1.29 is 9.53 Å². The van der Waals surface area contributed by atoms with Crippen LogP contribution in [-0.2, 0) is 0 Å². The molecule has 0 aliphatic heterocycles. The molecular formula is C17H12Cl2N2O2. The van der Waals surface area contributed by atoms with Gasteiger partial charge >= 0.3 is 0 Å². The summed E-state index contributed by atoms with van der Waals surface area (Å²) in [5.74, 6) is 2.50. The summed E-state index contributed by atoms with van der Waals surface area (Å²) >= 11 is 11.8. The van der Waals surface area contributed by atoms with E-state index in [0.29, 0.717) is 21.4 Å². The maximum absolute atomic E-state index is 12.0. The van der Waals surface area contributed by atoms with Gasteiger partial charge in [0.15, 0.2) is 0 Å². The molecule has 0 aliphatic rings. The Morgan fingerprint density at radius 2 is 2.09 bits per heavy atom. The number of para-hydroxylation sites is 1. The first kappa shape index (κ1) is 16.9. The molecule has 23 heavy (non-hydrogen) atoms. The topological polar surface area (TPSA) is 50.7 Å². The maximum atomic E-state index is 12.0. The predicted octanol–water partition coefficient (Wildman–Crippen LogP) is 3.77. The van der Waals surface area contributed by atoms with E-state index < -0.39 is 5.91 Å². The van der Waals surface area contributed by atoms with E-state index in [1.165, 1.54) is 12.3 Å². The third kappa shape index (κ3) is 4.75. The summed E-state index contributed by atoms with van der Waals surface area (Å²) in [5.41, 5.74) is 3.31. The molecule has 0 atom stereocenters. The van der Waals surface area contributed by atoms with Crippen LogP contribution < -0.4 is 10.2 Å². The van der Waals surface area contributed by atoms with Crippen LogP contribution in [0.3, 0.4) is 0 Å². The van der Waals surface area contributed by atoms with E-state index in [2.05, 4.69) is 16.4 Å².